The molecule has 0 bridgehead atoms. The summed E-state index contributed by atoms with van der Waals surface area (Å²) in [6, 6.07) is -0.587. The molecule has 0 atom stereocenters. The van der Waals surface area contributed by atoms with Crippen molar-refractivity contribution in [3.8, 4) is 5.75 Å². The van der Waals surface area contributed by atoms with Crippen molar-refractivity contribution in [2.45, 2.75) is 13.3 Å². The molecule has 3 aromatic rings. The Bertz CT molecular complexity index is 1120. The van der Waals surface area contributed by atoms with E-state index in [2.05, 4.69) is 31.9 Å². The van der Waals surface area contributed by atoms with Crippen LogP contribution in [0.2, 0.25) is 0 Å². The molecule has 0 spiro atoms. The maximum absolute atomic E-state index is 13.2. The van der Waals surface area contributed by atoms with E-state index in [0.717, 1.165) is 0 Å². The van der Waals surface area contributed by atoms with Crippen molar-refractivity contribution in [1.82, 2.24) is 0 Å². The van der Waals surface area contributed by atoms with Gasteiger partial charge in [-0.05, 0) is 50.0 Å². The summed E-state index contributed by atoms with van der Waals surface area (Å²) >= 11 is 6.21. The van der Waals surface area contributed by atoms with E-state index in [1.54, 1.807) is 6.92 Å². The topological polar surface area (TPSA) is 50.4 Å². The molecule has 22 heavy (non-hydrogen) atoms. The molecule has 3 rings (SSSR count). The average Bonchev–Trinajstić information content (AvgIpc) is 3.05. The van der Waals surface area contributed by atoms with Crippen LogP contribution in [0, 0.1) is 0 Å². The zero-order valence-electron chi connectivity index (χ0n) is 16.3. The highest BCUT2D eigenvalue weighted by Gasteiger charge is 2.22. The molecule has 0 saturated carbocycles. The van der Waals surface area contributed by atoms with E-state index in [9.17, 15) is 9.90 Å². The van der Waals surface area contributed by atoms with Crippen LogP contribution < -0.4 is 0 Å². The monoisotopic (exact) mass is 427 g/mol. The van der Waals surface area contributed by atoms with Gasteiger partial charge in [-0.3, -0.25) is 4.79 Å². The first-order valence-electron chi connectivity index (χ1n) is 8.85. The van der Waals surface area contributed by atoms with Gasteiger partial charge in [0, 0.05) is 17.4 Å². The predicted octanol–water partition coefficient (Wildman–Crippen LogP) is 5.46. The van der Waals surface area contributed by atoms with Gasteiger partial charge < -0.3 is 9.52 Å². The Morgan fingerprint density at radius 1 is 1.32 bits per heavy atom. The van der Waals surface area contributed by atoms with Gasteiger partial charge in [0.2, 0.25) is 0 Å². The second kappa shape index (κ2) is 5.89. The zero-order valence-corrected chi connectivity index (χ0v) is 14.5. The number of phenols is 1. The molecule has 1 heterocycles. The number of phenolic OH excluding ortho intramolecular Hbond substituents is 1. The summed E-state index contributed by atoms with van der Waals surface area (Å²) in [6.07, 6.45) is 0.281. The second-order valence-corrected chi connectivity index (χ2v) is 6.13. The molecular weight excluding hydrogens is 412 g/mol. The van der Waals surface area contributed by atoms with Crippen molar-refractivity contribution in [1.29, 1.82) is 0 Å². The molecule has 0 amide bonds. The Morgan fingerprint density at radius 2 is 2.05 bits per heavy atom. The molecule has 3 nitrogen and oxygen atoms in total. The Hall–Kier alpha value is -1.59. The van der Waals surface area contributed by atoms with E-state index in [1.165, 1.54) is 6.07 Å². The number of para-hydroxylation sites is 1. The fourth-order valence-electron chi connectivity index (χ4n) is 2.13. The van der Waals surface area contributed by atoms with Crippen molar-refractivity contribution in [2.24, 2.45) is 0 Å². The van der Waals surface area contributed by atoms with Gasteiger partial charge in [0.25, 0.3) is 0 Å². The lowest BCUT2D eigenvalue weighted by Gasteiger charge is -2.06. The summed E-state index contributed by atoms with van der Waals surface area (Å²) in [4.78, 5) is 13.2. The highest BCUT2D eigenvalue weighted by Crippen LogP contribution is 2.35. The molecule has 112 valence electrons. The number of carbonyl (C=O) groups is 1. The molecule has 0 aliphatic rings. The first-order valence-corrected chi connectivity index (χ1v) is 7.94. The molecule has 1 aromatic heterocycles. The summed E-state index contributed by atoms with van der Waals surface area (Å²) in [5.41, 5.74) is -0.140. The van der Waals surface area contributed by atoms with Crippen molar-refractivity contribution >= 4 is 48.6 Å². The van der Waals surface area contributed by atoms with Crippen LogP contribution in [0.3, 0.4) is 0 Å². The Labute approximate surface area is 151 Å². The number of halogens is 2. The van der Waals surface area contributed by atoms with Gasteiger partial charge in [-0.15, -0.1) is 0 Å². The zero-order chi connectivity index (χ0) is 20.2. The quantitative estimate of drug-likeness (QED) is 0.563. The molecule has 2 aromatic carbocycles. The lowest BCUT2D eigenvalue weighted by Crippen LogP contribution is -2.03. The summed E-state index contributed by atoms with van der Waals surface area (Å²) in [6.45, 7) is 1.73. The summed E-state index contributed by atoms with van der Waals surface area (Å²) in [5, 5.41) is 9.89. The Balaban J connectivity index is 2.40. The number of carbonyl (C=O) groups excluding carboxylic acids is 1. The molecule has 0 radical (unpaired) electrons. The highest BCUT2D eigenvalue weighted by atomic mass is 79.9. The largest absolute Gasteiger partial charge is 0.506 e. The second-order valence-electron chi connectivity index (χ2n) is 4.48. The minimum atomic E-state index is -0.623. The number of aryl methyl sites for hydroxylation is 1. The number of ketones is 1. The van der Waals surface area contributed by atoms with Crippen molar-refractivity contribution in [3.63, 3.8) is 0 Å². The highest BCUT2D eigenvalue weighted by molar-refractivity contribution is 9.11. The van der Waals surface area contributed by atoms with Gasteiger partial charge in [0.1, 0.15) is 17.1 Å². The third-order valence-corrected chi connectivity index (χ3v) is 4.33. The van der Waals surface area contributed by atoms with E-state index in [4.69, 9.17) is 11.3 Å². The van der Waals surface area contributed by atoms with E-state index >= 15 is 0 Å². The Morgan fingerprint density at radius 3 is 2.77 bits per heavy atom. The fraction of sp³-hybridized carbons (Fsp3) is 0.118. The Kier molecular flexibility index (Phi) is 2.74. The van der Waals surface area contributed by atoms with Crippen LogP contribution in [0.1, 0.15) is 35.5 Å². The maximum Gasteiger partial charge on any atom is 0.197 e. The van der Waals surface area contributed by atoms with E-state index in [-0.39, 0.29) is 67.1 Å². The minimum Gasteiger partial charge on any atom is -0.506 e. The van der Waals surface area contributed by atoms with E-state index in [1.807, 2.05) is 0 Å². The number of benzene rings is 2. The molecule has 0 saturated heterocycles. The van der Waals surface area contributed by atoms with Crippen LogP contribution >= 0.6 is 31.9 Å². The van der Waals surface area contributed by atoms with Gasteiger partial charge in [-0.2, -0.15) is 0 Å². The normalized spacial score (nSPS) is 14.2. The van der Waals surface area contributed by atoms with E-state index < -0.39 is 17.9 Å². The number of fused-ring (bicyclic) bond motifs is 1. The standard InChI is InChI=1S/C17H12Br2O3/c1-2-13-15(10-5-3-4-6-14(10)22-13)16(20)9-7-11(18)17(21)12(19)8-9/h3-8,21H,2H2,1H3/i3D,4D,5D,6D,7D. The minimum absolute atomic E-state index is 0.00232. The number of hydrogen-bond donors (Lipinski definition) is 1. The van der Waals surface area contributed by atoms with Crippen LogP contribution in [-0.4, -0.2) is 10.9 Å². The van der Waals surface area contributed by atoms with Crippen LogP contribution in [0.15, 0.2) is 49.6 Å². The first kappa shape index (κ1) is 10.2. The van der Waals surface area contributed by atoms with Crippen LogP contribution in [0.5, 0.6) is 5.75 Å². The number of aromatic hydroxyl groups is 1. The molecular formula is C17H12Br2O3. The summed E-state index contributed by atoms with van der Waals surface area (Å²) in [7, 11) is 0. The summed E-state index contributed by atoms with van der Waals surface area (Å²) < 4.78 is 45.8. The maximum atomic E-state index is 13.2. The lowest BCUT2D eigenvalue weighted by molar-refractivity contribution is 0.103. The van der Waals surface area contributed by atoms with Crippen LogP contribution in [-0.2, 0) is 6.42 Å². The third kappa shape index (κ3) is 2.48. The lowest BCUT2D eigenvalue weighted by atomic mass is 9.99. The first-order chi connectivity index (χ1) is 12.6. The van der Waals surface area contributed by atoms with Crippen molar-refractivity contribution in [2.75, 3.05) is 0 Å². The number of rotatable bonds is 3. The molecule has 0 aliphatic carbocycles. The molecule has 5 heteroatoms. The van der Waals surface area contributed by atoms with Crippen molar-refractivity contribution in [3.05, 3.63) is 62.1 Å². The van der Waals surface area contributed by atoms with E-state index in [0.29, 0.717) is 0 Å². The van der Waals surface area contributed by atoms with Gasteiger partial charge in [-0.1, -0.05) is 25.1 Å². The third-order valence-electron chi connectivity index (χ3n) is 3.15. The SMILES string of the molecule is [2H]c1c(C(=O)c2c(CC)oc3c([2H])c([2H])c([2H])c([2H])c23)cc(Br)c(O)c1Br. The molecule has 0 unspecified atom stereocenters. The van der Waals surface area contributed by atoms with Gasteiger partial charge in [0.05, 0.1) is 21.4 Å². The van der Waals surface area contributed by atoms with Gasteiger partial charge in [-0.25, -0.2) is 0 Å². The smallest absolute Gasteiger partial charge is 0.197 e. The summed E-state index contributed by atoms with van der Waals surface area (Å²) in [5.74, 6) is -0.630. The van der Waals surface area contributed by atoms with Crippen LogP contribution in [0.4, 0.5) is 0 Å². The average molecular weight is 429 g/mol. The van der Waals surface area contributed by atoms with Crippen LogP contribution in [0.25, 0.3) is 11.0 Å². The number of furan rings is 1. The molecule has 0 aliphatic heterocycles. The van der Waals surface area contributed by atoms with Gasteiger partial charge in [0.15, 0.2) is 5.78 Å². The van der Waals surface area contributed by atoms with Crippen molar-refractivity contribution < 1.29 is 21.2 Å². The number of hydrogen-bond acceptors (Lipinski definition) is 3. The molecule has 1 N–H and O–H groups in total. The van der Waals surface area contributed by atoms with Gasteiger partial charge >= 0.3 is 0 Å². The fourth-order valence-corrected chi connectivity index (χ4v) is 3.25. The molecule has 0 fully saturated rings. The predicted molar refractivity (Wildman–Crippen MR) is 92.5 cm³/mol.